The van der Waals surface area contributed by atoms with Gasteiger partial charge in [-0.25, -0.2) is 9.59 Å². The number of alkyl carbamates (subject to hydrolysis) is 1. The maximum atomic E-state index is 13.4. The molecule has 3 unspecified atom stereocenters. The van der Waals surface area contributed by atoms with Crippen LogP contribution in [0.25, 0.3) is 0 Å². The summed E-state index contributed by atoms with van der Waals surface area (Å²) in [6.07, 6.45) is 2.28. The summed E-state index contributed by atoms with van der Waals surface area (Å²) in [6, 6.07) is 17.2. The van der Waals surface area contributed by atoms with Crippen LogP contribution in [0.4, 0.5) is 4.79 Å². The summed E-state index contributed by atoms with van der Waals surface area (Å²) < 4.78 is 10.3. The maximum Gasteiger partial charge on any atom is 0.407 e. The van der Waals surface area contributed by atoms with Gasteiger partial charge in [0.25, 0.3) is 0 Å². The highest BCUT2D eigenvalue weighted by Gasteiger charge is 2.35. The van der Waals surface area contributed by atoms with E-state index in [1.165, 1.54) is 7.11 Å². The van der Waals surface area contributed by atoms with Crippen molar-refractivity contribution in [3.05, 3.63) is 83.4 Å². The quantitative estimate of drug-likeness (QED) is 0.172. The van der Waals surface area contributed by atoms with Gasteiger partial charge in [0, 0.05) is 12.3 Å². The van der Waals surface area contributed by atoms with Crippen molar-refractivity contribution in [2.24, 2.45) is 23.7 Å². The lowest BCUT2D eigenvalue weighted by molar-refractivity contribution is -0.146. The first-order valence-corrected chi connectivity index (χ1v) is 16.5. The van der Waals surface area contributed by atoms with E-state index < -0.39 is 42.1 Å². The SMILES string of the molecule is COC(=O)[C@@H](NC(=O)[C@@H](NC(=O)CC1CCC([C@H](C)NC(=O)OCc2ccccc2)=CC(Cc2ccccc2)C1O)C(C)C)C(C)C. The van der Waals surface area contributed by atoms with Crippen LogP contribution >= 0.6 is 0 Å². The highest BCUT2D eigenvalue weighted by molar-refractivity contribution is 5.91. The zero-order valence-electron chi connectivity index (χ0n) is 28.4. The molecule has 2 aromatic carbocycles. The normalized spacial score (nSPS) is 19.9. The van der Waals surface area contributed by atoms with Gasteiger partial charge in [0.15, 0.2) is 0 Å². The molecule has 0 fully saturated rings. The number of benzene rings is 2. The number of aliphatic hydroxyl groups excluding tert-OH is 1. The molecule has 3 rings (SSSR count). The van der Waals surface area contributed by atoms with Crippen LogP contribution in [0.2, 0.25) is 0 Å². The first-order valence-electron chi connectivity index (χ1n) is 16.5. The molecular weight excluding hydrogens is 598 g/mol. The number of aliphatic hydroxyl groups is 1. The zero-order chi connectivity index (χ0) is 34.5. The van der Waals surface area contributed by atoms with Gasteiger partial charge < -0.3 is 30.5 Å². The molecular formula is C37H51N3O7. The minimum atomic E-state index is -0.878. The highest BCUT2D eigenvalue weighted by atomic mass is 16.5. The van der Waals surface area contributed by atoms with E-state index in [0.29, 0.717) is 19.3 Å². The second-order valence-corrected chi connectivity index (χ2v) is 13.1. The summed E-state index contributed by atoms with van der Waals surface area (Å²) in [5, 5.41) is 20.2. The third kappa shape index (κ3) is 11.5. The van der Waals surface area contributed by atoms with Crippen molar-refractivity contribution < 1.29 is 33.8 Å². The summed E-state index contributed by atoms with van der Waals surface area (Å²) in [5.41, 5.74) is 2.88. The van der Waals surface area contributed by atoms with Crippen LogP contribution in [0.5, 0.6) is 0 Å². The van der Waals surface area contributed by atoms with E-state index in [1.807, 2.05) is 87.5 Å². The molecule has 0 saturated heterocycles. The van der Waals surface area contributed by atoms with Gasteiger partial charge in [0.1, 0.15) is 18.7 Å². The summed E-state index contributed by atoms with van der Waals surface area (Å²) >= 11 is 0. The van der Waals surface area contributed by atoms with Gasteiger partial charge in [-0.2, -0.15) is 0 Å². The summed E-state index contributed by atoms with van der Waals surface area (Å²) in [7, 11) is 1.27. The Kier molecular flexibility index (Phi) is 14.5. The van der Waals surface area contributed by atoms with Crippen LogP contribution in [0, 0.1) is 23.7 Å². The minimum Gasteiger partial charge on any atom is -0.467 e. The molecule has 0 aromatic heterocycles. The molecule has 256 valence electrons. The predicted octanol–water partition coefficient (Wildman–Crippen LogP) is 4.70. The zero-order valence-corrected chi connectivity index (χ0v) is 28.4. The van der Waals surface area contributed by atoms with Crippen molar-refractivity contribution in [2.75, 3.05) is 7.11 Å². The van der Waals surface area contributed by atoms with E-state index in [9.17, 15) is 24.3 Å². The summed E-state index contributed by atoms with van der Waals surface area (Å²) in [6.45, 7) is 9.28. The van der Waals surface area contributed by atoms with Crippen molar-refractivity contribution in [1.82, 2.24) is 16.0 Å². The molecule has 0 aliphatic heterocycles. The molecule has 1 aliphatic carbocycles. The third-order valence-electron chi connectivity index (χ3n) is 8.70. The molecule has 0 spiro atoms. The number of methoxy groups -OCH3 is 1. The topological polar surface area (TPSA) is 143 Å². The van der Waals surface area contributed by atoms with Crippen molar-refractivity contribution >= 4 is 23.9 Å². The van der Waals surface area contributed by atoms with Crippen LogP contribution in [-0.2, 0) is 36.9 Å². The smallest absolute Gasteiger partial charge is 0.407 e. The summed E-state index contributed by atoms with van der Waals surface area (Å²) in [5.74, 6) is -2.55. The van der Waals surface area contributed by atoms with Gasteiger partial charge in [-0.15, -0.1) is 0 Å². The Hall–Kier alpha value is -4.18. The largest absolute Gasteiger partial charge is 0.467 e. The number of hydrogen-bond acceptors (Lipinski definition) is 7. The lowest BCUT2D eigenvalue weighted by Crippen LogP contribution is -2.55. The van der Waals surface area contributed by atoms with E-state index in [2.05, 4.69) is 16.0 Å². The average molecular weight is 650 g/mol. The van der Waals surface area contributed by atoms with Gasteiger partial charge in [-0.1, -0.05) is 100 Å². The van der Waals surface area contributed by atoms with Crippen molar-refractivity contribution in [1.29, 1.82) is 0 Å². The molecule has 2 aromatic rings. The highest BCUT2D eigenvalue weighted by Crippen LogP contribution is 2.33. The van der Waals surface area contributed by atoms with E-state index >= 15 is 0 Å². The Balaban J connectivity index is 1.71. The fourth-order valence-corrected chi connectivity index (χ4v) is 5.89. The number of ether oxygens (including phenoxy) is 2. The Bertz CT molecular complexity index is 1350. The molecule has 6 atom stereocenters. The van der Waals surface area contributed by atoms with Crippen molar-refractivity contribution in [2.45, 2.75) is 91.1 Å². The van der Waals surface area contributed by atoms with Crippen LogP contribution in [-0.4, -0.2) is 60.3 Å². The van der Waals surface area contributed by atoms with E-state index in [1.54, 1.807) is 13.8 Å². The van der Waals surface area contributed by atoms with Crippen molar-refractivity contribution in [3.63, 3.8) is 0 Å². The lowest BCUT2D eigenvalue weighted by atomic mass is 9.84. The molecule has 0 heterocycles. The predicted molar refractivity (Wildman–Crippen MR) is 180 cm³/mol. The second kappa shape index (κ2) is 18.2. The molecule has 47 heavy (non-hydrogen) atoms. The molecule has 0 radical (unpaired) electrons. The fourth-order valence-electron chi connectivity index (χ4n) is 5.89. The average Bonchev–Trinajstić information content (AvgIpc) is 3.20. The molecule has 10 nitrogen and oxygen atoms in total. The third-order valence-corrected chi connectivity index (χ3v) is 8.70. The number of carbonyl (C=O) groups excluding carboxylic acids is 4. The molecule has 1 aliphatic rings. The number of nitrogens with one attached hydrogen (secondary N) is 3. The first kappa shape index (κ1) is 37.3. The van der Waals surface area contributed by atoms with Crippen LogP contribution in [0.1, 0.15) is 65.0 Å². The minimum absolute atomic E-state index is 0.00954. The number of hydrogen-bond donors (Lipinski definition) is 4. The Labute approximate surface area is 278 Å². The number of rotatable bonds is 14. The standard InChI is InChI=1S/C37H51N3O7/c1-23(2)32(35(43)40-33(24(3)4)36(44)46-6)39-31(41)21-29-18-17-28(20-30(34(29)42)19-26-13-9-7-10-14-26)25(5)38-37(45)47-22-27-15-11-8-12-16-27/h7-16,20,23-25,29-30,32-34,42H,17-19,21-22H2,1-6H3,(H,38,45)(H,39,41)(H,40,43)/t25-,29?,30?,32-,33-,34?/m0/s1. The molecule has 10 heteroatoms. The van der Waals surface area contributed by atoms with Gasteiger partial charge in [0.2, 0.25) is 11.8 Å². The van der Waals surface area contributed by atoms with Gasteiger partial charge in [-0.05, 0) is 55.1 Å². The second-order valence-electron chi connectivity index (χ2n) is 13.1. The van der Waals surface area contributed by atoms with E-state index in [0.717, 1.165) is 16.7 Å². The van der Waals surface area contributed by atoms with Crippen LogP contribution < -0.4 is 16.0 Å². The van der Waals surface area contributed by atoms with Crippen LogP contribution in [0.3, 0.4) is 0 Å². The molecule has 0 saturated carbocycles. The number of esters is 1. The molecule has 3 amide bonds. The Morgan fingerprint density at radius 2 is 1.43 bits per heavy atom. The number of carbonyl (C=O) groups is 4. The summed E-state index contributed by atoms with van der Waals surface area (Å²) in [4.78, 5) is 51.5. The van der Waals surface area contributed by atoms with Crippen LogP contribution in [0.15, 0.2) is 72.3 Å². The molecule has 4 N–H and O–H groups in total. The number of amides is 3. The first-order chi connectivity index (χ1) is 22.4. The lowest BCUT2D eigenvalue weighted by Gasteiger charge is -2.29. The van der Waals surface area contributed by atoms with Crippen molar-refractivity contribution in [3.8, 4) is 0 Å². The van der Waals surface area contributed by atoms with E-state index in [4.69, 9.17) is 9.47 Å². The van der Waals surface area contributed by atoms with Gasteiger partial charge >= 0.3 is 12.1 Å². The Morgan fingerprint density at radius 1 is 0.830 bits per heavy atom. The van der Waals surface area contributed by atoms with Gasteiger partial charge in [-0.3, -0.25) is 9.59 Å². The van der Waals surface area contributed by atoms with E-state index in [-0.39, 0.29) is 42.7 Å². The monoisotopic (exact) mass is 649 g/mol. The maximum absolute atomic E-state index is 13.4. The Morgan fingerprint density at radius 3 is 2.00 bits per heavy atom. The molecule has 0 bridgehead atoms. The van der Waals surface area contributed by atoms with Gasteiger partial charge in [0.05, 0.1) is 19.3 Å². The fraction of sp³-hybridized carbons (Fsp3) is 0.514.